The predicted molar refractivity (Wildman–Crippen MR) is 147 cm³/mol. The number of esters is 4. The van der Waals surface area contributed by atoms with Crippen LogP contribution in [0, 0.1) is 28.6 Å². The Labute approximate surface area is 237 Å². The number of aliphatic hydroxyl groups is 1. The van der Waals surface area contributed by atoms with E-state index in [4.69, 9.17) is 18.9 Å². The van der Waals surface area contributed by atoms with E-state index >= 15 is 0 Å². The third kappa shape index (κ3) is 5.58. The van der Waals surface area contributed by atoms with E-state index in [1.807, 2.05) is 27.7 Å². The van der Waals surface area contributed by atoms with Crippen LogP contribution in [0.1, 0.15) is 88.0 Å². The minimum Gasteiger partial charge on any atom is -0.462 e. The third-order valence-corrected chi connectivity index (χ3v) is 9.60. The van der Waals surface area contributed by atoms with Gasteiger partial charge in [-0.05, 0) is 42.7 Å². The Morgan fingerprint density at radius 2 is 1.57 bits per heavy atom. The van der Waals surface area contributed by atoms with Crippen molar-refractivity contribution in [3.8, 4) is 0 Å². The zero-order valence-corrected chi connectivity index (χ0v) is 25.4. The molecule has 3 aliphatic carbocycles. The maximum atomic E-state index is 13.4. The number of carbonyl (C=O) groups excluding carboxylic acids is 4. The summed E-state index contributed by atoms with van der Waals surface area (Å²) in [5.41, 5.74) is 0.246. The Kier molecular flexibility index (Phi) is 9.29. The van der Waals surface area contributed by atoms with Crippen LogP contribution in [0.15, 0.2) is 23.3 Å². The van der Waals surface area contributed by atoms with Crippen LogP contribution >= 0.6 is 0 Å². The number of rotatable bonds is 6. The SMILES string of the molecule is C=C1[C@@H](O)C[C@H](OC(C)=O)[C@@]2(C)[C@@H](OC(C)=O)[C@H](OC(C)=O)C3=C(C)CCC([C@@H](OC(=O)C(C)CC)[C@H]12)C3(C)C. The number of carbonyl (C=O) groups is 4. The molecule has 0 spiro atoms. The van der Waals surface area contributed by atoms with Gasteiger partial charge in [0.15, 0.2) is 12.2 Å². The molecule has 2 bridgehead atoms. The second kappa shape index (κ2) is 11.7. The molecule has 2 unspecified atom stereocenters. The lowest BCUT2D eigenvalue weighted by molar-refractivity contribution is -0.228. The van der Waals surface area contributed by atoms with Crippen LogP contribution in [0.5, 0.6) is 0 Å². The topological polar surface area (TPSA) is 125 Å². The van der Waals surface area contributed by atoms with Crippen molar-refractivity contribution >= 4 is 23.9 Å². The van der Waals surface area contributed by atoms with E-state index < -0.39 is 65.2 Å². The number of fused-ring (bicyclic) bond motifs is 3. The molecule has 0 aromatic carbocycles. The molecule has 1 N–H and O–H groups in total. The van der Waals surface area contributed by atoms with Gasteiger partial charge in [0.25, 0.3) is 0 Å². The van der Waals surface area contributed by atoms with E-state index in [2.05, 4.69) is 6.58 Å². The molecular weight excluding hydrogens is 516 g/mol. The third-order valence-electron chi connectivity index (χ3n) is 9.60. The number of allylic oxidation sites excluding steroid dienone is 1. The Morgan fingerprint density at radius 3 is 2.10 bits per heavy atom. The van der Waals surface area contributed by atoms with Crippen molar-refractivity contribution in [2.45, 2.75) is 119 Å². The lowest BCUT2D eigenvalue weighted by atomic mass is 9.48. The summed E-state index contributed by atoms with van der Waals surface area (Å²) < 4.78 is 24.3. The van der Waals surface area contributed by atoms with E-state index in [1.54, 1.807) is 13.8 Å². The lowest BCUT2D eigenvalue weighted by Gasteiger charge is -2.61. The highest BCUT2D eigenvalue weighted by Crippen LogP contribution is 2.61. The van der Waals surface area contributed by atoms with Crippen LogP contribution in [-0.4, -0.2) is 59.5 Å². The zero-order valence-electron chi connectivity index (χ0n) is 25.4. The van der Waals surface area contributed by atoms with E-state index in [9.17, 15) is 24.3 Å². The van der Waals surface area contributed by atoms with Gasteiger partial charge in [0, 0.05) is 39.0 Å². The van der Waals surface area contributed by atoms with Gasteiger partial charge in [0.2, 0.25) is 0 Å². The number of hydrogen-bond acceptors (Lipinski definition) is 9. The predicted octanol–water partition coefficient (Wildman–Crippen LogP) is 4.45. The minimum absolute atomic E-state index is 0.00587. The van der Waals surface area contributed by atoms with Gasteiger partial charge in [-0.1, -0.05) is 46.8 Å². The number of aliphatic hydroxyl groups excluding tert-OH is 1. The molecule has 40 heavy (non-hydrogen) atoms. The van der Waals surface area contributed by atoms with Gasteiger partial charge in [-0.2, -0.15) is 0 Å². The average Bonchev–Trinajstić information content (AvgIpc) is 2.82. The summed E-state index contributed by atoms with van der Waals surface area (Å²) in [4.78, 5) is 51.1. The van der Waals surface area contributed by atoms with Crippen LogP contribution in [0.25, 0.3) is 0 Å². The fraction of sp³-hybridized carbons (Fsp3) is 0.742. The molecule has 0 heterocycles. The monoisotopic (exact) mass is 562 g/mol. The van der Waals surface area contributed by atoms with Crippen molar-refractivity contribution < 1.29 is 43.2 Å². The Hall–Kier alpha value is -2.68. The van der Waals surface area contributed by atoms with Crippen LogP contribution in [0.4, 0.5) is 0 Å². The van der Waals surface area contributed by atoms with Crippen molar-refractivity contribution in [1.82, 2.24) is 0 Å². The molecular formula is C31H46O9. The van der Waals surface area contributed by atoms with E-state index in [0.29, 0.717) is 24.8 Å². The van der Waals surface area contributed by atoms with Crippen molar-refractivity contribution in [3.05, 3.63) is 23.3 Å². The molecule has 0 aliphatic heterocycles. The molecule has 3 rings (SSSR count). The normalized spacial score (nSPS) is 35.9. The molecule has 0 aromatic rings. The van der Waals surface area contributed by atoms with Crippen LogP contribution in [0.2, 0.25) is 0 Å². The van der Waals surface area contributed by atoms with Crippen molar-refractivity contribution in [2.75, 3.05) is 0 Å². The van der Waals surface area contributed by atoms with Gasteiger partial charge in [-0.25, -0.2) is 0 Å². The van der Waals surface area contributed by atoms with Gasteiger partial charge in [-0.15, -0.1) is 0 Å². The maximum absolute atomic E-state index is 13.4. The quantitative estimate of drug-likeness (QED) is 0.284. The van der Waals surface area contributed by atoms with E-state index in [1.165, 1.54) is 20.8 Å². The second-order valence-corrected chi connectivity index (χ2v) is 12.6. The standard InChI is InChI=1S/C31H46O9/c1-11-15(2)29(36)40-26-21-13-12-16(3)24(30(21,8)9)27(38-19(6)33)28(39-20(7)34)31(10)23(37-18(5)32)14-22(35)17(4)25(26)31/h15,21-23,25-28,35H,4,11-14H2,1-3,5-10H3/t15?,21?,22-,23-,25-,26+,27+,28-,31+/m0/s1. The summed E-state index contributed by atoms with van der Waals surface area (Å²) in [6.07, 6.45) is -3.08. The van der Waals surface area contributed by atoms with Crippen molar-refractivity contribution in [1.29, 1.82) is 0 Å². The Morgan fingerprint density at radius 1 is 1.00 bits per heavy atom. The number of ether oxygens (including phenoxy) is 4. The van der Waals surface area contributed by atoms with Crippen LogP contribution < -0.4 is 0 Å². The average molecular weight is 563 g/mol. The summed E-state index contributed by atoms with van der Waals surface area (Å²) in [7, 11) is 0. The van der Waals surface area contributed by atoms with Crippen LogP contribution in [-0.2, 0) is 38.1 Å². The molecule has 224 valence electrons. The highest BCUT2D eigenvalue weighted by molar-refractivity contribution is 5.72. The first-order chi connectivity index (χ1) is 18.5. The molecule has 9 nitrogen and oxygen atoms in total. The van der Waals surface area contributed by atoms with Gasteiger partial charge in [0.05, 0.1) is 17.4 Å². The zero-order chi connectivity index (χ0) is 30.3. The number of hydrogen-bond donors (Lipinski definition) is 1. The van der Waals surface area contributed by atoms with Gasteiger partial charge < -0.3 is 24.1 Å². The summed E-state index contributed by atoms with van der Waals surface area (Å²) in [5, 5.41) is 11.2. The first kappa shape index (κ1) is 31.8. The fourth-order valence-corrected chi connectivity index (χ4v) is 7.46. The lowest BCUT2D eigenvalue weighted by Crippen LogP contribution is -2.67. The molecule has 0 aromatic heterocycles. The fourth-order valence-electron chi connectivity index (χ4n) is 7.46. The molecule has 0 radical (unpaired) electrons. The molecule has 0 amide bonds. The minimum atomic E-state index is -1.29. The van der Waals surface area contributed by atoms with Gasteiger partial charge >= 0.3 is 23.9 Å². The Bertz CT molecular complexity index is 1090. The molecule has 9 heteroatoms. The molecule has 9 atom stereocenters. The molecule has 3 aliphatic rings. The van der Waals surface area contributed by atoms with E-state index in [0.717, 1.165) is 11.1 Å². The van der Waals surface area contributed by atoms with Crippen molar-refractivity contribution in [2.24, 2.45) is 28.6 Å². The maximum Gasteiger partial charge on any atom is 0.308 e. The highest BCUT2D eigenvalue weighted by atomic mass is 16.6. The summed E-state index contributed by atoms with van der Waals surface area (Å²) in [5.74, 6) is -3.56. The van der Waals surface area contributed by atoms with Crippen LogP contribution in [0.3, 0.4) is 0 Å². The highest BCUT2D eigenvalue weighted by Gasteiger charge is 2.67. The summed E-state index contributed by atoms with van der Waals surface area (Å²) in [6.45, 7) is 19.6. The summed E-state index contributed by atoms with van der Waals surface area (Å²) in [6, 6.07) is 0. The van der Waals surface area contributed by atoms with Gasteiger partial charge in [-0.3, -0.25) is 19.2 Å². The first-order valence-corrected chi connectivity index (χ1v) is 14.3. The Balaban J connectivity index is 2.44. The molecule has 2 fully saturated rings. The largest absolute Gasteiger partial charge is 0.462 e. The smallest absolute Gasteiger partial charge is 0.308 e. The summed E-state index contributed by atoms with van der Waals surface area (Å²) >= 11 is 0. The first-order valence-electron chi connectivity index (χ1n) is 14.3. The van der Waals surface area contributed by atoms with E-state index in [-0.39, 0.29) is 24.2 Å². The molecule has 2 saturated carbocycles. The van der Waals surface area contributed by atoms with Gasteiger partial charge in [0.1, 0.15) is 12.2 Å². The molecule has 0 saturated heterocycles. The second-order valence-electron chi connectivity index (χ2n) is 12.6. The van der Waals surface area contributed by atoms with Crippen molar-refractivity contribution in [3.63, 3.8) is 0 Å².